The van der Waals surface area contributed by atoms with Crippen molar-refractivity contribution in [3.63, 3.8) is 0 Å². The first kappa shape index (κ1) is 34.2. The minimum absolute atomic E-state index is 0.0718. The second kappa shape index (κ2) is 16.6. The summed E-state index contributed by atoms with van der Waals surface area (Å²) in [5, 5.41) is 8.61. The van der Waals surface area contributed by atoms with Crippen molar-refractivity contribution in [2.24, 2.45) is 10.9 Å². The molecule has 2 aliphatic rings. The van der Waals surface area contributed by atoms with Crippen LogP contribution < -0.4 is 10.6 Å². The molecule has 3 rings (SSSR count). The summed E-state index contributed by atoms with van der Waals surface area (Å²) < 4.78 is 20.9. The van der Waals surface area contributed by atoms with Gasteiger partial charge in [0.1, 0.15) is 33.2 Å². The third-order valence-electron chi connectivity index (χ3n) is 6.88. The lowest BCUT2D eigenvalue weighted by Crippen LogP contribution is -2.53. The number of hydrogen-bond acceptors (Lipinski definition) is 10. The average molecular weight is 641 g/mol. The van der Waals surface area contributed by atoms with Crippen molar-refractivity contribution in [3.05, 3.63) is 28.0 Å². The lowest BCUT2D eigenvalue weighted by Gasteiger charge is -2.27. The average Bonchev–Trinajstić information content (AvgIpc) is 3.59. The van der Waals surface area contributed by atoms with Crippen LogP contribution in [0.3, 0.4) is 0 Å². The summed E-state index contributed by atoms with van der Waals surface area (Å²) in [6, 6.07) is -1.07. The Morgan fingerprint density at radius 3 is 2.76 bits per heavy atom. The van der Waals surface area contributed by atoms with E-state index in [0.717, 1.165) is 37.4 Å². The molecular weight excluding hydrogens is 600 g/mol. The fourth-order valence-corrected chi connectivity index (χ4v) is 6.98. The topological polar surface area (TPSA) is 127 Å². The number of thiazole rings is 1. The highest BCUT2D eigenvalue weighted by atomic mass is 32.2. The van der Waals surface area contributed by atoms with Gasteiger partial charge in [-0.1, -0.05) is 58.2 Å². The van der Waals surface area contributed by atoms with E-state index in [9.17, 15) is 19.2 Å². The molecule has 0 saturated carbocycles. The highest BCUT2D eigenvalue weighted by Gasteiger charge is 2.42. The number of unbranched alkanes of at least 4 members (excludes halogenated alkanes) is 4. The highest BCUT2D eigenvalue weighted by molar-refractivity contribution is 8.14. The molecule has 0 spiro atoms. The number of nitrogens with zero attached hydrogens (tertiary/aromatic N) is 2. The minimum atomic E-state index is -1.48. The number of amides is 2. The monoisotopic (exact) mass is 640 g/mol. The van der Waals surface area contributed by atoms with Crippen molar-refractivity contribution < 1.29 is 28.3 Å². The first-order valence-corrected chi connectivity index (χ1v) is 17.3. The Balaban J connectivity index is 1.71. The Morgan fingerprint density at radius 2 is 2.02 bits per heavy atom. The van der Waals surface area contributed by atoms with Crippen LogP contribution in [-0.4, -0.2) is 62.1 Å². The summed E-state index contributed by atoms with van der Waals surface area (Å²) in [4.78, 5) is 60.6. The molecule has 0 radical (unpaired) electrons. The van der Waals surface area contributed by atoms with Gasteiger partial charge in [-0.15, -0.1) is 23.1 Å². The third-order valence-corrected chi connectivity index (χ3v) is 9.98. The Labute approximate surface area is 259 Å². The molecule has 13 heteroatoms. The number of carbonyl (C=O) groups excluding carboxylic acids is 4. The molecule has 3 heterocycles. The van der Waals surface area contributed by atoms with E-state index in [1.165, 1.54) is 35.6 Å². The quantitative estimate of drug-likeness (QED) is 0.246. The number of fused-ring (bicyclic) bond motifs is 4. The van der Waals surface area contributed by atoms with Gasteiger partial charge in [0.2, 0.25) is 11.8 Å². The van der Waals surface area contributed by atoms with Crippen LogP contribution in [0.5, 0.6) is 0 Å². The van der Waals surface area contributed by atoms with E-state index in [-0.39, 0.29) is 24.0 Å². The summed E-state index contributed by atoms with van der Waals surface area (Å²) >= 11 is 3.90. The van der Waals surface area contributed by atoms with Gasteiger partial charge in [-0.25, -0.2) is 14.2 Å². The van der Waals surface area contributed by atoms with Gasteiger partial charge in [-0.05, 0) is 31.8 Å². The molecule has 1 aromatic heterocycles. The van der Waals surface area contributed by atoms with Gasteiger partial charge in [-0.3, -0.25) is 19.4 Å². The molecule has 232 valence electrons. The Morgan fingerprint density at radius 1 is 1.26 bits per heavy atom. The van der Waals surface area contributed by atoms with Crippen LogP contribution in [0.1, 0.15) is 89.8 Å². The molecule has 3 atom stereocenters. The van der Waals surface area contributed by atoms with Crippen molar-refractivity contribution in [3.8, 4) is 0 Å². The smallest absolute Gasteiger partial charge is 0.329 e. The maximum Gasteiger partial charge on any atom is 0.329 e. The maximum atomic E-state index is 15.4. The number of halogens is 1. The number of nitrogens with one attached hydrogen (secondary N) is 2. The highest BCUT2D eigenvalue weighted by Crippen LogP contribution is 2.32. The molecule has 0 saturated heterocycles. The van der Waals surface area contributed by atoms with Crippen molar-refractivity contribution in [1.82, 2.24) is 15.6 Å². The molecule has 9 nitrogen and oxygen atoms in total. The first-order chi connectivity index (χ1) is 20.0. The van der Waals surface area contributed by atoms with Gasteiger partial charge in [0.05, 0.1) is 13.0 Å². The van der Waals surface area contributed by atoms with Crippen LogP contribution in [-0.2, 0) is 30.5 Å². The molecule has 2 amide bonds. The predicted octanol–water partition coefficient (Wildman–Crippen LogP) is 5.33. The molecule has 0 fully saturated rings. The fraction of sp³-hybridized carbons (Fsp3) is 0.655. The Bertz CT molecular complexity index is 1190. The van der Waals surface area contributed by atoms with Crippen LogP contribution in [0.15, 0.2) is 22.3 Å². The summed E-state index contributed by atoms with van der Waals surface area (Å²) in [5.74, 6) is -2.18. The van der Waals surface area contributed by atoms with E-state index in [4.69, 9.17) is 4.74 Å². The zero-order valence-corrected chi connectivity index (χ0v) is 27.2. The zero-order chi connectivity index (χ0) is 30.7. The van der Waals surface area contributed by atoms with E-state index >= 15 is 4.39 Å². The molecule has 4 bridgehead atoms. The van der Waals surface area contributed by atoms with Crippen molar-refractivity contribution in [2.75, 3.05) is 11.5 Å². The number of allylic oxidation sites excluding steroid dienone is 1. The lowest BCUT2D eigenvalue weighted by molar-refractivity contribution is -0.154. The number of rotatable bonds is 11. The molecule has 0 aliphatic carbocycles. The second-order valence-corrected chi connectivity index (χ2v) is 14.0. The third kappa shape index (κ3) is 10.2. The van der Waals surface area contributed by atoms with E-state index < -0.39 is 47.7 Å². The van der Waals surface area contributed by atoms with E-state index in [1.54, 1.807) is 20.8 Å². The molecule has 0 aromatic carbocycles. The molecule has 42 heavy (non-hydrogen) atoms. The second-order valence-electron chi connectivity index (χ2n) is 11.0. The van der Waals surface area contributed by atoms with Crippen LogP contribution in [0.2, 0.25) is 0 Å². The Hall–Kier alpha value is -2.25. The predicted molar refractivity (Wildman–Crippen MR) is 167 cm³/mol. The van der Waals surface area contributed by atoms with Gasteiger partial charge in [0, 0.05) is 23.3 Å². The Kier molecular flexibility index (Phi) is 13.5. The molecule has 2 N–H and O–H groups in total. The first-order valence-electron chi connectivity index (χ1n) is 14.5. The van der Waals surface area contributed by atoms with Gasteiger partial charge < -0.3 is 15.4 Å². The van der Waals surface area contributed by atoms with Crippen LogP contribution in [0.4, 0.5) is 4.39 Å². The van der Waals surface area contributed by atoms with Crippen molar-refractivity contribution in [1.29, 1.82) is 0 Å². The number of thioether (sulfide) groups is 2. The normalized spacial score (nSPS) is 23.8. The lowest BCUT2D eigenvalue weighted by atomic mass is 10.0. The molecule has 0 unspecified atom stereocenters. The number of ether oxygens (including phenoxy) is 1. The van der Waals surface area contributed by atoms with E-state index in [0.29, 0.717) is 33.7 Å². The molecule has 1 aromatic rings. The number of aromatic nitrogens is 1. The minimum Gasteiger partial charge on any atom is -0.453 e. The summed E-state index contributed by atoms with van der Waals surface area (Å²) in [6.45, 7) is 7.45. The van der Waals surface area contributed by atoms with Gasteiger partial charge in [0.25, 0.3) is 0 Å². The number of esters is 1. The molecule has 2 aliphatic heterocycles. The SMILES string of the molecule is CCCCCCCC(=O)SCC/C=C(\F)[C@@H]1CC(=O)NCc2nc(cs2)C2=N[C@@](C)(CS2)C(=O)N[C@@H](C(C)C)C(=O)O1. The number of cyclic esters (lactones) is 1. The summed E-state index contributed by atoms with van der Waals surface area (Å²) in [5.41, 5.74) is -0.491. The van der Waals surface area contributed by atoms with Crippen LogP contribution in [0, 0.1) is 5.92 Å². The van der Waals surface area contributed by atoms with Crippen LogP contribution >= 0.6 is 34.9 Å². The largest absolute Gasteiger partial charge is 0.453 e. The van der Waals surface area contributed by atoms with Gasteiger partial charge in [-0.2, -0.15) is 0 Å². The van der Waals surface area contributed by atoms with Crippen molar-refractivity contribution in [2.45, 2.75) is 103 Å². The number of carbonyl (C=O) groups is 4. The van der Waals surface area contributed by atoms with E-state index in [2.05, 4.69) is 27.5 Å². The fourth-order valence-electron chi connectivity index (χ4n) is 4.30. The number of hydrogen-bond donors (Lipinski definition) is 2. The summed E-state index contributed by atoms with van der Waals surface area (Å²) in [6.07, 6.45) is 5.38. The summed E-state index contributed by atoms with van der Waals surface area (Å²) in [7, 11) is 0. The standard InChI is InChI=1S/C29H41FN4O5S3/c1-5-6-7-8-9-12-24(36)40-13-10-11-19(30)21-14-22(35)31-15-23-32-20(16-41-23)26-34-29(4,17-42-26)28(38)33-25(18(2)3)27(37)39-21/h11,16,18,21,25H,5-10,12-15,17H2,1-4H3,(H,31,35)(H,33,38)/b19-11-/t21-,25-,29-/m0/s1. The van der Waals surface area contributed by atoms with Gasteiger partial charge in [0.15, 0.2) is 11.2 Å². The molecular formula is C29H41FN4O5S3. The van der Waals surface area contributed by atoms with Crippen LogP contribution in [0.25, 0.3) is 0 Å². The van der Waals surface area contributed by atoms with Crippen molar-refractivity contribution >= 4 is 62.8 Å². The van der Waals surface area contributed by atoms with E-state index in [1.807, 2.05) is 5.38 Å². The number of aliphatic imine (C=N–C) groups is 1. The zero-order valence-electron chi connectivity index (χ0n) is 24.7. The maximum absolute atomic E-state index is 15.4. The van der Waals surface area contributed by atoms with Gasteiger partial charge >= 0.3 is 5.97 Å².